The predicted octanol–water partition coefficient (Wildman–Crippen LogP) is 3.08. The maximum atomic E-state index is 5.61. The van der Waals surface area contributed by atoms with Gasteiger partial charge in [-0.15, -0.1) is 0 Å². The highest BCUT2D eigenvalue weighted by molar-refractivity contribution is 5.61. The van der Waals surface area contributed by atoms with Crippen LogP contribution in [0.25, 0.3) is 22.8 Å². The van der Waals surface area contributed by atoms with Crippen molar-refractivity contribution in [2.45, 2.75) is 33.2 Å². The third-order valence-electron chi connectivity index (χ3n) is 3.59. The summed E-state index contributed by atoms with van der Waals surface area (Å²) < 4.78 is 5.43. The Morgan fingerprint density at radius 2 is 1.87 bits per heavy atom. The molecule has 0 amide bonds. The van der Waals surface area contributed by atoms with E-state index in [9.17, 15) is 0 Å². The van der Waals surface area contributed by atoms with Crippen LogP contribution in [0, 0.1) is 6.92 Å². The van der Waals surface area contributed by atoms with E-state index >= 15 is 0 Å². The summed E-state index contributed by atoms with van der Waals surface area (Å²) in [6.45, 7) is 6.53. The second-order valence-electron chi connectivity index (χ2n) is 5.70. The third kappa shape index (κ3) is 3.12. The smallest absolute Gasteiger partial charge is 0.261 e. The number of aromatic nitrogens is 4. The summed E-state index contributed by atoms with van der Waals surface area (Å²) in [5.74, 6) is 1.95. The van der Waals surface area contributed by atoms with E-state index in [1.165, 1.54) is 0 Å². The van der Waals surface area contributed by atoms with Crippen LogP contribution >= 0.6 is 0 Å². The minimum absolute atomic E-state index is 0.242. The first-order valence-electron chi connectivity index (χ1n) is 7.55. The van der Waals surface area contributed by atoms with Crippen molar-refractivity contribution in [3.8, 4) is 22.8 Å². The van der Waals surface area contributed by atoms with Crippen molar-refractivity contribution < 1.29 is 4.52 Å². The van der Waals surface area contributed by atoms with Gasteiger partial charge in [0.1, 0.15) is 5.82 Å². The lowest BCUT2D eigenvalue weighted by atomic mass is 10.1. The van der Waals surface area contributed by atoms with E-state index in [2.05, 4.69) is 34.0 Å². The number of nitrogens with two attached hydrogens (primary N) is 1. The van der Waals surface area contributed by atoms with E-state index in [1.54, 1.807) is 6.20 Å². The SMILES string of the molecule is Cc1ncc(-c2nc(-c3ccc(CN)cc3)no2)c(C(C)C)n1. The van der Waals surface area contributed by atoms with E-state index in [1.807, 2.05) is 31.2 Å². The molecule has 0 saturated heterocycles. The number of benzene rings is 1. The van der Waals surface area contributed by atoms with Crippen molar-refractivity contribution in [2.24, 2.45) is 5.73 Å². The molecule has 0 aliphatic carbocycles. The van der Waals surface area contributed by atoms with E-state index in [0.717, 1.165) is 28.2 Å². The molecule has 0 aliphatic heterocycles. The van der Waals surface area contributed by atoms with Crippen molar-refractivity contribution in [1.82, 2.24) is 20.1 Å². The lowest BCUT2D eigenvalue weighted by molar-refractivity contribution is 0.431. The Labute approximate surface area is 134 Å². The minimum Gasteiger partial charge on any atom is -0.333 e. The van der Waals surface area contributed by atoms with Gasteiger partial charge in [-0.25, -0.2) is 9.97 Å². The van der Waals surface area contributed by atoms with Crippen LogP contribution in [-0.2, 0) is 6.54 Å². The molecule has 2 heterocycles. The molecular formula is C17H19N5O. The van der Waals surface area contributed by atoms with Crippen LogP contribution in [0.2, 0.25) is 0 Å². The maximum Gasteiger partial charge on any atom is 0.261 e. The van der Waals surface area contributed by atoms with Gasteiger partial charge in [-0.1, -0.05) is 43.3 Å². The van der Waals surface area contributed by atoms with Gasteiger partial charge in [0.15, 0.2) is 0 Å². The van der Waals surface area contributed by atoms with Crippen LogP contribution in [0.3, 0.4) is 0 Å². The quantitative estimate of drug-likeness (QED) is 0.796. The molecule has 2 aromatic heterocycles. The van der Waals surface area contributed by atoms with E-state index in [-0.39, 0.29) is 5.92 Å². The van der Waals surface area contributed by atoms with Gasteiger partial charge in [-0.3, -0.25) is 0 Å². The highest BCUT2D eigenvalue weighted by atomic mass is 16.5. The Hall–Kier alpha value is -2.60. The number of nitrogens with zero attached hydrogens (tertiary/aromatic N) is 4. The zero-order valence-corrected chi connectivity index (χ0v) is 13.4. The summed E-state index contributed by atoms with van der Waals surface area (Å²) in [6.07, 6.45) is 1.74. The Kier molecular flexibility index (Phi) is 4.16. The summed E-state index contributed by atoms with van der Waals surface area (Å²) >= 11 is 0. The van der Waals surface area contributed by atoms with Crippen LogP contribution in [0.4, 0.5) is 0 Å². The van der Waals surface area contributed by atoms with E-state index in [0.29, 0.717) is 18.3 Å². The summed E-state index contributed by atoms with van der Waals surface area (Å²) in [7, 11) is 0. The first-order valence-corrected chi connectivity index (χ1v) is 7.55. The monoisotopic (exact) mass is 309 g/mol. The first-order chi connectivity index (χ1) is 11.1. The lowest BCUT2D eigenvalue weighted by Crippen LogP contribution is -2.01. The molecule has 0 bridgehead atoms. The number of hydrogen-bond donors (Lipinski definition) is 1. The summed E-state index contributed by atoms with van der Waals surface area (Å²) in [4.78, 5) is 13.2. The molecular weight excluding hydrogens is 290 g/mol. The molecule has 0 unspecified atom stereocenters. The summed E-state index contributed by atoms with van der Waals surface area (Å²) in [5, 5.41) is 4.07. The van der Waals surface area contributed by atoms with Crippen LogP contribution < -0.4 is 5.73 Å². The fourth-order valence-corrected chi connectivity index (χ4v) is 2.33. The van der Waals surface area contributed by atoms with Gasteiger partial charge in [-0.2, -0.15) is 4.98 Å². The van der Waals surface area contributed by atoms with Gasteiger partial charge < -0.3 is 10.3 Å². The molecule has 1 aromatic carbocycles. The first kappa shape index (κ1) is 15.3. The summed E-state index contributed by atoms with van der Waals surface area (Å²) in [5.41, 5.74) is 9.25. The van der Waals surface area contributed by atoms with Crippen molar-refractivity contribution in [3.63, 3.8) is 0 Å². The van der Waals surface area contributed by atoms with Gasteiger partial charge in [0.25, 0.3) is 5.89 Å². The van der Waals surface area contributed by atoms with Gasteiger partial charge in [0, 0.05) is 18.3 Å². The average Bonchev–Trinajstić information content (AvgIpc) is 3.04. The standard InChI is InChI=1S/C17H19N5O/c1-10(2)15-14(9-19-11(3)20-15)17-21-16(22-23-17)13-6-4-12(8-18)5-7-13/h4-7,9-10H,8,18H2,1-3H3. The molecule has 0 saturated carbocycles. The molecule has 0 fully saturated rings. The maximum absolute atomic E-state index is 5.61. The highest BCUT2D eigenvalue weighted by Gasteiger charge is 2.18. The fraction of sp³-hybridized carbons (Fsp3) is 0.294. The third-order valence-corrected chi connectivity index (χ3v) is 3.59. The van der Waals surface area contributed by atoms with Crippen LogP contribution in [-0.4, -0.2) is 20.1 Å². The Morgan fingerprint density at radius 1 is 1.13 bits per heavy atom. The zero-order valence-electron chi connectivity index (χ0n) is 13.4. The topological polar surface area (TPSA) is 90.7 Å². The van der Waals surface area contributed by atoms with Crippen molar-refractivity contribution in [3.05, 3.63) is 47.5 Å². The molecule has 6 nitrogen and oxygen atoms in total. The lowest BCUT2D eigenvalue weighted by Gasteiger charge is -2.08. The number of rotatable bonds is 4. The molecule has 0 spiro atoms. The molecule has 3 rings (SSSR count). The van der Waals surface area contributed by atoms with Crippen LogP contribution in [0.5, 0.6) is 0 Å². The number of aryl methyl sites for hydroxylation is 1. The van der Waals surface area contributed by atoms with Crippen molar-refractivity contribution in [2.75, 3.05) is 0 Å². The Morgan fingerprint density at radius 3 is 2.52 bits per heavy atom. The molecule has 0 radical (unpaired) electrons. The zero-order chi connectivity index (χ0) is 16.4. The number of hydrogen-bond acceptors (Lipinski definition) is 6. The Bertz CT molecular complexity index is 808. The molecule has 6 heteroatoms. The highest BCUT2D eigenvalue weighted by Crippen LogP contribution is 2.27. The van der Waals surface area contributed by atoms with Crippen LogP contribution in [0.15, 0.2) is 35.0 Å². The van der Waals surface area contributed by atoms with Gasteiger partial charge in [-0.05, 0) is 18.4 Å². The van der Waals surface area contributed by atoms with Gasteiger partial charge in [0.2, 0.25) is 5.82 Å². The normalized spacial score (nSPS) is 11.2. The summed E-state index contributed by atoms with van der Waals surface area (Å²) in [6, 6.07) is 7.79. The molecule has 23 heavy (non-hydrogen) atoms. The molecule has 0 atom stereocenters. The van der Waals surface area contributed by atoms with Gasteiger partial charge >= 0.3 is 0 Å². The fourth-order valence-electron chi connectivity index (χ4n) is 2.33. The van der Waals surface area contributed by atoms with E-state index in [4.69, 9.17) is 10.3 Å². The minimum atomic E-state index is 0.242. The van der Waals surface area contributed by atoms with Gasteiger partial charge in [0.05, 0.1) is 11.3 Å². The van der Waals surface area contributed by atoms with Crippen molar-refractivity contribution in [1.29, 1.82) is 0 Å². The molecule has 0 aliphatic rings. The predicted molar refractivity (Wildman–Crippen MR) is 87.5 cm³/mol. The molecule has 118 valence electrons. The average molecular weight is 309 g/mol. The van der Waals surface area contributed by atoms with Crippen molar-refractivity contribution >= 4 is 0 Å². The largest absolute Gasteiger partial charge is 0.333 e. The van der Waals surface area contributed by atoms with E-state index < -0.39 is 0 Å². The Balaban J connectivity index is 1.98. The molecule has 3 aromatic rings. The second-order valence-corrected chi connectivity index (χ2v) is 5.70. The molecule has 2 N–H and O–H groups in total. The van der Waals surface area contributed by atoms with Crippen LogP contribution in [0.1, 0.15) is 36.8 Å². The second kappa shape index (κ2) is 6.26.